The summed E-state index contributed by atoms with van der Waals surface area (Å²) in [6.45, 7) is 6.08. The van der Waals surface area contributed by atoms with Crippen molar-refractivity contribution < 1.29 is 17.9 Å². The number of aromatic nitrogens is 1. The molecule has 2 aromatic rings. The quantitative estimate of drug-likeness (QED) is 0.129. The van der Waals surface area contributed by atoms with Gasteiger partial charge in [0, 0.05) is 24.7 Å². The maximum atomic E-state index is 15.4. The molecule has 1 atom stereocenters. The number of nitrogens with zero attached hydrogens (tertiary/aromatic N) is 1. The molecule has 1 heterocycles. The Morgan fingerprint density at radius 2 is 1.44 bits per heavy atom. The normalized spacial score (nSPS) is 16.4. The highest BCUT2D eigenvalue weighted by atomic mass is 19.3. The third-order valence-corrected chi connectivity index (χ3v) is 8.22. The summed E-state index contributed by atoms with van der Waals surface area (Å²) in [5.74, 6) is -4.96. The van der Waals surface area contributed by atoms with E-state index in [2.05, 4.69) is 18.8 Å². The van der Waals surface area contributed by atoms with Crippen molar-refractivity contribution in [3.8, 4) is 11.3 Å². The average molecular weight is 546 g/mol. The molecule has 2 nitrogen and oxygen atoms in total. The molecule has 3 rings (SSSR count). The number of benzene rings is 1. The van der Waals surface area contributed by atoms with Crippen LogP contribution in [0.3, 0.4) is 0 Å². The molecule has 39 heavy (non-hydrogen) atoms. The van der Waals surface area contributed by atoms with Crippen molar-refractivity contribution >= 4 is 0 Å². The van der Waals surface area contributed by atoms with E-state index in [0.717, 1.165) is 70.1 Å². The maximum Gasteiger partial charge on any atom is 0.280 e. The van der Waals surface area contributed by atoms with Crippen molar-refractivity contribution in [1.29, 1.82) is 0 Å². The first-order valence-electron chi connectivity index (χ1n) is 15.7. The number of aryl methyl sites for hydroxylation is 2. The molecule has 1 aliphatic carbocycles. The van der Waals surface area contributed by atoms with E-state index in [1.165, 1.54) is 44.1 Å². The van der Waals surface area contributed by atoms with Crippen LogP contribution in [0.4, 0.5) is 13.2 Å². The van der Waals surface area contributed by atoms with E-state index in [1.54, 1.807) is 6.07 Å². The van der Waals surface area contributed by atoms with Gasteiger partial charge in [0.15, 0.2) is 0 Å². The van der Waals surface area contributed by atoms with Gasteiger partial charge >= 0.3 is 0 Å². The van der Waals surface area contributed by atoms with Crippen LogP contribution in [0.2, 0.25) is 0 Å². The van der Waals surface area contributed by atoms with Gasteiger partial charge in [0.25, 0.3) is 5.92 Å². The van der Waals surface area contributed by atoms with Gasteiger partial charge in [0.2, 0.25) is 5.95 Å². The van der Waals surface area contributed by atoms with Crippen LogP contribution in [0.1, 0.15) is 127 Å². The highest BCUT2D eigenvalue weighted by molar-refractivity contribution is 5.61. The summed E-state index contributed by atoms with van der Waals surface area (Å²) in [6.07, 6.45) is 16.9. The third kappa shape index (κ3) is 9.92. The van der Waals surface area contributed by atoms with Crippen LogP contribution in [-0.2, 0) is 23.5 Å². The molecule has 1 aromatic heterocycles. The van der Waals surface area contributed by atoms with Gasteiger partial charge in [0.05, 0.1) is 11.3 Å². The molecule has 1 unspecified atom stereocenters. The smallest absolute Gasteiger partial charge is 0.280 e. The van der Waals surface area contributed by atoms with Crippen LogP contribution in [0.5, 0.6) is 0 Å². The lowest BCUT2D eigenvalue weighted by molar-refractivity contribution is -0.0824. The summed E-state index contributed by atoms with van der Waals surface area (Å²) < 4.78 is 51.5. The summed E-state index contributed by atoms with van der Waals surface area (Å²) in [5, 5.41) is 0. The second-order valence-corrected chi connectivity index (χ2v) is 11.4. The first kappa shape index (κ1) is 31.6. The fourth-order valence-corrected chi connectivity index (χ4v) is 5.76. The van der Waals surface area contributed by atoms with E-state index >= 15 is 13.2 Å². The largest absolute Gasteiger partial charge is 0.381 e. The topological polar surface area (TPSA) is 22.1 Å². The molecule has 0 saturated heterocycles. The zero-order valence-electron chi connectivity index (χ0n) is 24.4. The Morgan fingerprint density at radius 3 is 2.15 bits per heavy atom. The lowest BCUT2D eigenvalue weighted by Crippen LogP contribution is -2.33. The van der Waals surface area contributed by atoms with Gasteiger partial charge in [-0.15, -0.1) is 0 Å². The monoisotopic (exact) mass is 545 g/mol. The summed E-state index contributed by atoms with van der Waals surface area (Å²) in [4.78, 5) is 4.02. The molecule has 0 amide bonds. The second kappa shape index (κ2) is 17.0. The fraction of sp³-hybridized carbons (Fsp3) is 0.676. The molecule has 0 radical (unpaired) electrons. The van der Waals surface area contributed by atoms with Crippen LogP contribution >= 0.6 is 0 Å². The van der Waals surface area contributed by atoms with E-state index in [0.29, 0.717) is 30.5 Å². The number of alkyl halides is 2. The van der Waals surface area contributed by atoms with E-state index in [1.807, 2.05) is 24.3 Å². The molecule has 0 spiro atoms. The Kier molecular flexibility index (Phi) is 13.8. The first-order valence-corrected chi connectivity index (χ1v) is 15.7. The molecule has 1 aromatic carbocycles. The number of halogens is 3. The number of ether oxygens (including phenoxy) is 1. The van der Waals surface area contributed by atoms with Gasteiger partial charge < -0.3 is 4.74 Å². The number of hydrogen-bond donors (Lipinski definition) is 0. The minimum atomic E-state index is -3.16. The summed E-state index contributed by atoms with van der Waals surface area (Å²) in [7, 11) is 0. The van der Waals surface area contributed by atoms with Gasteiger partial charge in [-0.1, -0.05) is 102 Å². The molecule has 0 bridgehead atoms. The lowest BCUT2D eigenvalue weighted by Gasteiger charge is -2.33. The van der Waals surface area contributed by atoms with E-state index in [9.17, 15) is 0 Å². The predicted octanol–water partition coefficient (Wildman–Crippen LogP) is 10.6. The molecular weight excluding hydrogens is 495 g/mol. The summed E-state index contributed by atoms with van der Waals surface area (Å²) in [5.41, 5.74) is 2.39. The van der Waals surface area contributed by atoms with Crippen LogP contribution < -0.4 is 0 Å². The Labute approximate surface area is 235 Å². The summed E-state index contributed by atoms with van der Waals surface area (Å²) >= 11 is 0. The Balaban J connectivity index is 1.49. The van der Waals surface area contributed by atoms with Gasteiger partial charge in [-0.2, -0.15) is 4.39 Å². The minimum Gasteiger partial charge on any atom is -0.381 e. The Hall–Kier alpha value is -1.88. The van der Waals surface area contributed by atoms with Gasteiger partial charge in [0.1, 0.15) is 0 Å². The van der Waals surface area contributed by atoms with E-state index in [4.69, 9.17) is 4.74 Å². The number of fused-ring (bicyclic) bond motifs is 1. The molecule has 5 heteroatoms. The highest BCUT2D eigenvalue weighted by Crippen LogP contribution is 2.47. The van der Waals surface area contributed by atoms with Crippen LogP contribution in [0.15, 0.2) is 30.3 Å². The van der Waals surface area contributed by atoms with Crippen molar-refractivity contribution in [2.24, 2.45) is 5.92 Å². The van der Waals surface area contributed by atoms with Crippen molar-refractivity contribution in [2.45, 2.75) is 129 Å². The van der Waals surface area contributed by atoms with Crippen LogP contribution in [0.25, 0.3) is 11.3 Å². The minimum absolute atomic E-state index is 0.404. The maximum absolute atomic E-state index is 15.4. The standard InChI is InChI=1S/C34H50F3NO/c1-3-5-7-8-9-10-13-17-30-23-22-29-26-31(38-33(35)32(29)34(30,36)37)28-20-18-27(19-21-28)16-12-11-15-25-39-24-14-6-4-2/h18-21,26,30H,3-17,22-25H2,1-2H3. The highest BCUT2D eigenvalue weighted by Gasteiger charge is 2.47. The fourth-order valence-electron chi connectivity index (χ4n) is 5.76. The summed E-state index contributed by atoms with van der Waals surface area (Å²) in [6, 6.07) is 9.64. The van der Waals surface area contributed by atoms with E-state index in [-0.39, 0.29) is 0 Å². The molecule has 218 valence electrons. The molecule has 0 aliphatic heterocycles. The van der Waals surface area contributed by atoms with Crippen LogP contribution in [-0.4, -0.2) is 18.2 Å². The Bertz CT molecular complexity index is 960. The lowest BCUT2D eigenvalue weighted by atomic mass is 9.78. The molecular formula is C34H50F3NO. The average Bonchev–Trinajstić information content (AvgIpc) is 2.92. The van der Waals surface area contributed by atoms with Gasteiger partial charge in [-0.3, -0.25) is 0 Å². The zero-order valence-corrected chi connectivity index (χ0v) is 24.4. The molecule has 0 fully saturated rings. The zero-order chi connectivity index (χ0) is 27.9. The van der Waals surface area contributed by atoms with Gasteiger partial charge in [-0.25, -0.2) is 13.8 Å². The van der Waals surface area contributed by atoms with Crippen molar-refractivity contribution in [2.75, 3.05) is 13.2 Å². The predicted molar refractivity (Wildman–Crippen MR) is 156 cm³/mol. The molecule has 0 saturated carbocycles. The first-order chi connectivity index (χ1) is 19.0. The number of unbranched alkanes of at least 4 members (excludes halogenated alkanes) is 10. The molecule has 0 N–H and O–H groups in total. The van der Waals surface area contributed by atoms with Crippen LogP contribution in [0, 0.1) is 11.9 Å². The van der Waals surface area contributed by atoms with Crippen molar-refractivity contribution in [3.63, 3.8) is 0 Å². The molecule has 1 aliphatic rings. The van der Waals surface area contributed by atoms with E-state index < -0.39 is 23.4 Å². The third-order valence-electron chi connectivity index (χ3n) is 8.22. The number of pyridine rings is 1. The van der Waals surface area contributed by atoms with Crippen molar-refractivity contribution in [1.82, 2.24) is 4.98 Å². The van der Waals surface area contributed by atoms with Gasteiger partial charge in [-0.05, 0) is 62.1 Å². The number of hydrogen-bond acceptors (Lipinski definition) is 2. The SMILES string of the molecule is CCCCCCCCCC1CCc2cc(-c3ccc(CCCCCOCCCCC)cc3)nc(F)c2C1(F)F. The Morgan fingerprint density at radius 1 is 0.821 bits per heavy atom. The second-order valence-electron chi connectivity index (χ2n) is 11.4. The number of rotatable bonds is 19. The van der Waals surface area contributed by atoms with Crippen molar-refractivity contribution in [3.05, 3.63) is 53.0 Å².